The number of hydrogen-bond acceptors (Lipinski definition) is 5. The van der Waals surface area contributed by atoms with Crippen LogP contribution in [0.4, 0.5) is 0 Å². The van der Waals surface area contributed by atoms with E-state index in [-0.39, 0.29) is 24.0 Å². The highest BCUT2D eigenvalue weighted by Crippen LogP contribution is 2.24. The summed E-state index contributed by atoms with van der Waals surface area (Å²) in [7, 11) is 0. The molecule has 0 N–H and O–H groups in total. The van der Waals surface area contributed by atoms with Gasteiger partial charge in [-0.05, 0) is 19.8 Å². The molecule has 0 radical (unpaired) electrons. The Balaban J connectivity index is 1.71. The standard InChI is InChI=1S/C16H22N4O3/c1-11-9-18-13(10-17-11)16(22)19-5-3-14-15(4-6-19)23-8-7-20(14)12(2)21/h9-10,14-15H,3-8H2,1-2H3/t14-,15-/m1/s1. The third-order valence-corrected chi connectivity index (χ3v) is 4.56. The number of hydrogen-bond donors (Lipinski definition) is 0. The van der Waals surface area contributed by atoms with Crippen molar-refractivity contribution in [2.24, 2.45) is 0 Å². The van der Waals surface area contributed by atoms with E-state index in [1.165, 1.54) is 6.20 Å². The average molecular weight is 318 g/mol. The van der Waals surface area contributed by atoms with E-state index >= 15 is 0 Å². The van der Waals surface area contributed by atoms with Gasteiger partial charge in [-0.2, -0.15) is 0 Å². The third-order valence-electron chi connectivity index (χ3n) is 4.56. The van der Waals surface area contributed by atoms with Gasteiger partial charge >= 0.3 is 0 Å². The van der Waals surface area contributed by atoms with Crippen molar-refractivity contribution in [1.82, 2.24) is 19.8 Å². The molecular formula is C16H22N4O3. The van der Waals surface area contributed by atoms with Gasteiger partial charge in [0.2, 0.25) is 5.91 Å². The number of carbonyl (C=O) groups excluding carboxylic acids is 2. The number of aryl methyl sites for hydroxylation is 1. The summed E-state index contributed by atoms with van der Waals surface area (Å²) >= 11 is 0. The largest absolute Gasteiger partial charge is 0.374 e. The van der Waals surface area contributed by atoms with E-state index in [1.54, 1.807) is 18.0 Å². The minimum atomic E-state index is -0.106. The van der Waals surface area contributed by atoms with Crippen LogP contribution >= 0.6 is 0 Å². The molecule has 1 aromatic rings. The first-order valence-corrected chi connectivity index (χ1v) is 8.03. The summed E-state index contributed by atoms with van der Waals surface area (Å²) in [5.74, 6) is -0.0296. The predicted molar refractivity (Wildman–Crippen MR) is 82.8 cm³/mol. The molecule has 7 nitrogen and oxygen atoms in total. The lowest BCUT2D eigenvalue weighted by Gasteiger charge is -2.39. The van der Waals surface area contributed by atoms with E-state index in [1.807, 2.05) is 11.8 Å². The molecule has 0 saturated carbocycles. The van der Waals surface area contributed by atoms with Crippen molar-refractivity contribution in [2.75, 3.05) is 26.2 Å². The van der Waals surface area contributed by atoms with Crippen molar-refractivity contribution in [1.29, 1.82) is 0 Å². The summed E-state index contributed by atoms with van der Waals surface area (Å²) in [6, 6.07) is 0.0585. The number of likely N-dealkylation sites (tertiary alicyclic amines) is 1. The number of ether oxygens (including phenoxy) is 1. The Bertz CT molecular complexity index is 589. The molecule has 2 fully saturated rings. The highest BCUT2D eigenvalue weighted by Gasteiger charge is 2.37. The van der Waals surface area contributed by atoms with Gasteiger partial charge in [0.1, 0.15) is 5.69 Å². The van der Waals surface area contributed by atoms with Crippen LogP contribution in [0.15, 0.2) is 12.4 Å². The summed E-state index contributed by atoms with van der Waals surface area (Å²) < 4.78 is 5.83. The molecule has 124 valence electrons. The van der Waals surface area contributed by atoms with Crippen LogP contribution in [-0.2, 0) is 9.53 Å². The number of aromatic nitrogens is 2. The monoisotopic (exact) mass is 318 g/mol. The van der Waals surface area contributed by atoms with Crippen LogP contribution in [-0.4, -0.2) is 70.0 Å². The van der Waals surface area contributed by atoms with Crippen LogP contribution in [0.3, 0.4) is 0 Å². The van der Waals surface area contributed by atoms with Crippen LogP contribution in [0, 0.1) is 6.92 Å². The molecule has 0 spiro atoms. The molecule has 0 aliphatic carbocycles. The lowest BCUT2D eigenvalue weighted by Crippen LogP contribution is -2.52. The Morgan fingerprint density at radius 3 is 2.65 bits per heavy atom. The van der Waals surface area contributed by atoms with Crippen LogP contribution in [0.25, 0.3) is 0 Å². The first kappa shape index (κ1) is 15.9. The van der Waals surface area contributed by atoms with Crippen LogP contribution < -0.4 is 0 Å². The molecule has 0 unspecified atom stereocenters. The molecule has 23 heavy (non-hydrogen) atoms. The van der Waals surface area contributed by atoms with Gasteiger partial charge in [0.05, 0.1) is 30.6 Å². The molecule has 0 bridgehead atoms. The lowest BCUT2D eigenvalue weighted by atomic mass is 10.0. The highest BCUT2D eigenvalue weighted by molar-refractivity contribution is 5.92. The maximum Gasteiger partial charge on any atom is 0.274 e. The molecule has 7 heteroatoms. The van der Waals surface area contributed by atoms with Crippen molar-refractivity contribution < 1.29 is 14.3 Å². The quantitative estimate of drug-likeness (QED) is 0.759. The Kier molecular flexibility index (Phi) is 4.56. The topological polar surface area (TPSA) is 75.6 Å². The Hall–Kier alpha value is -2.02. The highest BCUT2D eigenvalue weighted by atomic mass is 16.5. The van der Waals surface area contributed by atoms with E-state index in [9.17, 15) is 9.59 Å². The first-order valence-electron chi connectivity index (χ1n) is 8.03. The van der Waals surface area contributed by atoms with Gasteiger partial charge in [-0.1, -0.05) is 0 Å². The van der Waals surface area contributed by atoms with Gasteiger partial charge in [0.15, 0.2) is 0 Å². The zero-order chi connectivity index (χ0) is 16.4. The SMILES string of the molecule is CC(=O)N1CCO[C@@H]2CCN(C(=O)c3cnc(C)cn3)CC[C@H]21. The van der Waals surface area contributed by atoms with Crippen molar-refractivity contribution >= 4 is 11.8 Å². The molecule has 3 heterocycles. The first-order chi connectivity index (χ1) is 11.1. The third kappa shape index (κ3) is 3.34. The van der Waals surface area contributed by atoms with Crippen molar-refractivity contribution in [3.8, 4) is 0 Å². The normalized spacial score (nSPS) is 24.8. The Morgan fingerprint density at radius 1 is 1.17 bits per heavy atom. The number of rotatable bonds is 1. The second kappa shape index (κ2) is 6.62. The number of amides is 2. The molecule has 2 amide bonds. The van der Waals surface area contributed by atoms with Crippen molar-refractivity contribution in [2.45, 2.75) is 38.8 Å². The summed E-state index contributed by atoms with van der Waals surface area (Å²) in [6.07, 6.45) is 4.60. The second-order valence-electron chi connectivity index (χ2n) is 6.10. The lowest BCUT2D eigenvalue weighted by molar-refractivity contribution is -0.144. The van der Waals surface area contributed by atoms with Gasteiger partial charge in [0, 0.05) is 32.8 Å². The summed E-state index contributed by atoms with van der Waals surface area (Å²) in [5.41, 5.74) is 1.15. The van der Waals surface area contributed by atoms with Crippen LogP contribution in [0.5, 0.6) is 0 Å². The van der Waals surface area contributed by atoms with E-state index in [4.69, 9.17) is 4.74 Å². The number of nitrogens with zero attached hydrogens (tertiary/aromatic N) is 4. The fourth-order valence-corrected chi connectivity index (χ4v) is 3.34. The fourth-order valence-electron chi connectivity index (χ4n) is 3.34. The van der Waals surface area contributed by atoms with Gasteiger partial charge in [0.25, 0.3) is 5.91 Å². The maximum absolute atomic E-state index is 12.6. The van der Waals surface area contributed by atoms with E-state index in [0.29, 0.717) is 31.9 Å². The molecule has 2 atom stereocenters. The minimum absolute atomic E-state index is 0.00884. The molecule has 0 aromatic carbocycles. The van der Waals surface area contributed by atoms with Gasteiger partial charge < -0.3 is 14.5 Å². The molecule has 2 saturated heterocycles. The zero-order valence-corrected chi connectivity index (χ0v) is 13.6. The summed E-state index contributed by atoms with van der Waals surface area (Å²) in [6.45, 7) is 5.85. The second-order valence-corrected chi connectivity index (χ2v) is 6.10. The smallest absolute Gasteiger partial charge is 0.274 e. The zero-order valence-electron chi connectivity index (χ0n) is 13.6. The molecule has 2 aliphatic heterocycles. The summed E-state index contributed by atoms with van der Waals surface area (Å²) in [5, 5.41) is 0. The molecule has 1 aromatic heterocycles. The van der Waals surface area contributed by atoms with E-state index in [0.717, 1.165) is 18.5 Å². The van der Waals surface area contributed by atoms with Crippen LogP contribution in [0.1, 0.15) is 35.9 Å². The fraction of sp³-hybridized carbons (Fsp3) is 0.625. The Labute approximate surface area is 135 Å². The average Bonchev–Trinajstić information content (AvgIpc) is 2.77. The summed E-state index contributed by atoms with van der Waals surface area (Å²) in [4.78, 5) is 36.4. The van der Waals surface area contributed by atoms with E-state index in [2.05, 4.69) is 9.97 Å². The molecular weight excluding hydrogens is 296 g/mol. The van der Waals surface area contributed by atoms with Crippen molar-refractivity contribution in [3.63, 3.8) is 0 Å². The number of morpholine rings is 1. The van der Waals surface area contributed by atoms with Crippen LogP contribution in [0.2, 0.25) is 0 Å². The minimum Gasteiger partial charge on any atom is -0.374 e. The Morgan fingerprint density at radius 2 is 1.96 bits per heavy atom. The number of carbonyl (C=O) groups is 2. The van der Waals surface area contributed by atoms with Crippen molar-refractivity contribution in [3.05, 3.63) is 23.8 Å². The molecule has 3 rings (SSSR count). The van der Waals surface area contributed by atoms with Gasteiger partial charge in [-0.25, -0.2) is 4.98 Å². The molecule has 2 aliphatic rings. The van der Waals surface area contributed by atoms with E-state index < -0.39 is 0 Å². The predicted octanol–water partition coefficient (Wildman–Crippen LogP) is 0.637. The maximum atomic E-state index is 12.6. The van der Waals surface area contributed by atoms with Gasteiger partial charge in [-0.15, -0.1) is 0 Å². The number of fused-ring (bicyclic) bond motifs is 1. The van der Waals surface area contributed by atoms with Gasteiger partial charge in [-0.3, -0.25) is 14.6 Å².